The normalized spacial score (nSPS) is 11.4. The highest BCUT2D eigenvalue weighted by atomic mass is 19.4. The number of halogens is 3. The number of nitrogens with one attached hydrogen (secondary N) is 2. The number of rotatable bonds is 6. The standard InChI is InChI=1S/C19H18F3N5O/c1-12(2)28-15-5-3-13(4-6-15)27-18-24-9-14(10-25-18)26-17-7-8-23-11-16(17)19(20,21)22/h3-12H,1-2H3,(H,23,26)(H,24,25,27). The van der Waals surface area contributed by atoms with Gasteiger partial charge in [-0.2, -0.15) is 13.2 Å². The Kier molecular flexibility index (Phi) is 5.62. The molecule has 9 heteroatoms. The Bertz CT molecular complexity index is 912. The van der Waals surface area contributed by atoms with E-state index < -0.39 is 11.7 Å². The first-order chi connectivity index (χ1) is 13.3. The zero-order chi connectivity index (χ0) is 20.1. The minimum Gasteiger partial charge on any atom is -0.491 e. The van der Waals surface area contributed by atoms with Gasteiger partial charge in [-0.05, 0) is 44.2 Å². The number of nitrogens with zero attached hydrogens (tertiary/aromatic N) is 3. The van der Waals surface area contributed by atoms with Gasteiger partial charge >= 0.3 is 6.18 Å². The van der Waals surface area contributed by atoms with E-state index in [4.69, 9.17) is 4.74 Å². The average molecular weight is 389 g/mol. The van der Waals surface area contributed by atoms with E-state index in [-0.39, 0.29) is 11.8 Å². The fourth-order valence-corrected chi connectivity index (χ4v) is 2.36. The molecule has 2 aromatic heterocycles. The van der Waals surface area contributed by atoms with Gasteiger partial charge in [-0.15, -0.1) is 0 Å². The number of aromatic nitrogens is 3. The molecule has 0 aliphatic carbocycles. The lowest BCUT2D eigenvalue weighted by molar-refractivity contribution is -0.137. The molecule has 146 valence electrons. The van der Waals surface area contributed by atoms with Crippen LogP contribution in [0.1, 0.15) is 19.4 Å². The summed E-state index contributed by atoms with van der Waals surface area (Å²) in [5.41, 5.74) is 0.0988. The van der Waals surface area contributed by atoms with E-state index in [1.54, 1.807) is 0 Å². The largest absolute Gasteiger partial charge is 0.491 e. The second-order valence-electron chi connectivity index (χ2n) is 6.16. The fraction of sp³-hybridized carbons (Fsp3) is 0.211. The van der Waals surface area contributed by atoms with E-state index in [9.17, 15) is 13.2 Å². The van der Waals surface area contributed by atoms with Gasteiger partial charge < -0.3 is 15.4 Å². The maximum Gasteiger partial charge on any atom is 0.419 e. The zero-order valence-corrected chi connectivity index (χ0v) is 15.2. The lowest BCUT2D eigenvalue weighted by Crippen LogP contribution is -2.09. The minimum absolute atomic E-state index is 0.0837. The van der Waals surface area contributed by atoms with Crippen molar-refractivity contribution >= 4 is 23.0 Å². The molecular formula is C19H18F3N5O. The Morgan fingerprint density at radius 2 is 1.57 bits per heavy atom. The smallest absolute Gasteiger partial charge is 0.419 e. The van der Waals surface area contributed by atoms with Crippen molar-refractivity contribution in [2.45, 2.75) is 26.1 Å². The molecule has 0 bridgehead atoms. The van der Waals surface area contributed by atoms with Crippen molar-refractivity contribution < 1.29 is 17.9 Å². The molecule has 2 heterocycles. The molecule has 28 heavy (non-hydrogen) atoms. The third-order valence-electron chi connectivity index (χ3n) is 3.54. The van der Waals surface area contributed by atoms with Crippen LogP contribution in [0.2, 0.25) is 0 Å². The summed E-state index contributed by atoms with van der Waals surface area (Å²) < 4.78 is 44.6. The van der Waals surface area contributed by atoms with Gasteiger partial charge in [0.05, 0.1) is 35.4 Å². The predicted octanol–water partition coefficient (Wildman–Crippen LogP) is 5.16. The van der Waals surface area contributed by atoms with Crippen LogP contribution in [0.15, 0.2) is 55.1 Å². The molecule has 0 aliphatic rings. The van der Waals surface area contributed by atoms with Crippen molar-refractivity contribution in [1.82, 2.24) is 15.0 Å². The summed E-state index contributed by atoms with van der Waals surface area (Å²) in [5.74, 6) is 1.06. The number of ether oxygens (including phenoxy) is 1. The topological polar surface area (TPSA) is 72.0 Å². The second kappa shape index (κ2) is 8.12. The highest BCUT2D eigenvalue weighted by molar-refractivity contribution is 5.63. The van der Waals surface area contributed by atoms with Crippen LogP contribution < -0.4 is 15.4 Å². The Labute approximate surface area is 159 Å². The predicted molar refractivity (Wildman–Crippen MR) is 100 cm³/mol. The molecule has 0 saturated heterocycles. The van der Waals surface area contributed by atoms with E-state index >= 15 is 0 Å². The van der Waals surface area contributed by atoms with Crippen molar-refractivity contribution in [3.05, 3.63) is 60.7 Å². The Hall–Kier alpha value is -3.36. The molecule has 6 nitrogen and oxygen atoms in total. The van der Waals surface area contributed by atoms with E-state index in [2.05, 4.69) is 25.6 Å². The van der Waals surface area contributed by atoms with Crippen molar-refractivity contribution in [3.8, 4) is 5.75 Å². The summed E-state index contributed by atoms with van der Waals surface area (Å²) in [6.07, 6.45) is 0.413. The van der Waals surface area contributed by atoms with E-state index in [1.807, 2.05) is 38.1 Å². The van der Waals surface area contributed by atoms with Crippen LogP contribution >= 0.6 is 0 Å². The van der Waals surface area contributed by atoms with Crippen molar-refractivity contribution in [2.75, 3.05) is 10.6 Å². The molecule has 0 fully saturated rings. The molecule has 3 aromatic rings. The maximum absolute atomic E-state index is 13.0. The first-order valence-corrected chi connectivity index (χ1v) is 8.45. The molecule has 0 radical (unpaired) electrons. The van der Waals surface area contributed by atoms with Crippen molar-refractivity contribution in [2.24, 2.45) is 0 Å². The Morgan fingerprint density at radius 1 is 0.893 bits per heavy atom. The highest BCUT2D eigenvalue weighted by Gasteiger charge is 2.33. The number of anilines is 4. The SMILES string of the molecule is CC(C)Oc1ccc(Nc2ncc(Nc3ccncc3C(F)(F)F)cn2)cc1. The average Bonchev–Trinajstić information content (AvgIpc) is 2.64. The van der Waals surface area contributed by atoms with Gasteiger partial charge in [0, 0.05) is 18.1 Å². The van der Waals surface area contributed by atoms with Gasteiger partial charge in [-0.1, -0.05) is 0 Å². The molecule has 0 aliphatic heterocycles. The van der Waals surface area contributed by atoms with E-state index in [1.165, 1.54) is 24.7 Å². The third kappa shape index (κ3) is 5.09. The summed E-state index contributed by atoms with van der Waals surface area (Å²) in [4.78, 5) is 11.8. The summed E-state index contributed by atoms with van der Waals surface area (Å²) in [6.45, 7) is 3.89. The lowest BCUT2D eigenvalue weighted by atomic mass is 10.2. The van der Waals surface area contributed by atoms with Crippen LogP contribution in [-0.4, -0.2) is 21.1 Å². The zero-order valence-electron chi connectivity index (χ0n) is 15.2. The van der Waals surface area contributed by atoms with Gasteiger partial charge in [0.15, 0.2) is 0 Å². The number of hydrogen-bond donors (Lipinski definition) is 2. The maximum atomic E-state index is 13.0. The van der Waals surface area contributed by atoms with Crippen LogP contribution in [0.3, 0.4) is 0 Å². The Morgan fingerprint density at radius 3 is 2.18 bits per heavy atom. The van der Waals surface area contributed by atoms with Crippen molar-refractivity contribution in [3.63, 3.8) is 0 Å². The minimum atomic E-state index is -4.51. The molecule has 0 saturated carbocycles. The molecular weight excluding hydrogens is 371 g/mol. The molecule has 0 amide bonds. The summed E-state index contributed by atoms with van der Waals surface area (Å²) in [7, 11) is 0. The van der Waals surface area contributed by atoms with Gasteiger partial charge in [0.2, 0.25) is 5.95 Å². The number of benzene rings is 1. The van der Waals surface area contributed by atoms with E-state index in [0.29, 0.717) is 11.6 Å². The molecule has 0 unspecified atom stereocenters. The van der Waals surface area contributed by atoms with Crippen LogP contribution in [0, 0.1) is 0 Å². The molecule has 0 atom stereocenters. The van der Waals surface area contributed by atoms with Gasteiger partial charge in [-0.25, -0.2) is 9.97 Å². The van der Waals surface area contributed by atoms with Gasteiger partial charge in [0.1, 0.15) is 5.75 Å². The van der Waals surface area contributed by atoms with Crippen LogP contribution in [0.4, 0.5) is 36.2 Å². The number of alkyl halides is 3. The lowest BCUT2D eigenvalue weighted by Gasteiger charge is -2.13. The Balaban J connectivity index is 1.68. The second-order valence-corrected chi connectivity index (χ2v) is 6.16. The first-order valence-electron chi connectivity index (χ1n) is 8.45. The monoisotopic (exact) mass is 389 g/mol. The summed E-state index contributed by atoms with van der Waals surface area (Å²) in [6, 6.07) is 8.52. The summed E-state index contributed by atoms with van der Waals surface area (Å²) >= 11 is 0. The van der Waals surface area contributed by atoms with Crippen molar-refractivity contribution in [1.29, 1.82) is 0 Å². The third-order valence-corrected chi connectivity index (χ3v) is 3.54. The van der Waals surface area contributed by atoms with E-state index in [0.717, 1.165) is 17.6 Å². The molecule has 3 rings (SSSR count). The number of pyridine rings is 1. The molecule has 0 spiro atoms. The highest BCUT2D eigenvalue weighted by Crippen LogP contribution is 2.35. The van der Waals surface area contributed by atoms with Crippen LogP contribution in [-0.2, 0) is 6.18 Å². The molecule has 1 aromatic carbocycles. The first kappa shape index (κ1) is 19.4. The van der Waals surface area contributed by atoms with Crippen LogP contribution in [0.25, 0.3) is 0 Å². The molecule has 2 N–H and O–H groups in total. The van der Waals surface area contributed by atoms with Gasteiger partial charge in [-0.3, -0.25) is 4.98 Å². The summed E-state index contributed by atoms with van der Waals surface area (Å²) in [5, 5.41) is 5.68. The number of hydrogen-bond acceptors (Lipinski definition) is 6. The fourth-order valence-electron chi connectivity index (χ4n) is 2.36. The quantitative estimate of drug-likeness (QED) is 0.606. The van der Waals surface area contributed by atoms with Gasteiger partial charge in [0.25, 0.3) is 0 Å². The van der Waals surface area contributed by atoms with Crippen LogP contribution in [0.5, 0.6) is 5.75 Å².